The highest BCUT2D eigenvalue weighted by Crippen LogP contribution is 2.33. The van der Waals surface area contributed by atoms with E-state index in [9.17, 15) is 13.2 Å². The van der Waals surface area contributed by atoms with Crippen LogP contribution < -0.4 is 9.62 Å². The summed E-state index contributed by atoms with van der Waals surface area (Å²) in [5.74, 6) is -0.380. The minimum Gasteiger partial charge on any atom is -0.348 e. The van der Waals surface area contributed by atoms with Crippen LogP contribution in [0.4, 0.5) is 5.69 Å². The minimum atomic E-state index is -3.80. The number of halogens is 2. The Morgan fingerprint density at radius 2 is 1.77 bits per heavy atom. The van der Waals surface area contributed by atoms with E-state index in [1.54, 1.807) is 13.0 Å². The van der Waals surface area contributed by atoms with Crippen LogP contribution in [0, 0.1) is 0 Å². The molecule has 0 fully saturated rings. The van der Waals surface area contributed by atoms with E-state index >= 15 is 0 Å². The van der Waals surface area contributed by atoms with Gasteiger partial charge in [0, 0.05) is 5.02 Å². The lowest BCUT2D eigenvalue weighted by molar-refractivity contribution is -0.122. The van der Waals surface area contributed by atoms with Crippen LogP contribution in [0.3, 0.4) is 0 Å². The van der Waals surface area contributed by atoms with Gasteiger partial charge in [0.15, 0.2) is 0 Å². The van der Waals surface area contributed by atoms with Crippen LogP contribution in [0.15, 0.2) is 36.4 Å². The predicted octanol–water partition coefficient (Wildman–Crippen LogP) is 5.29. The van der Waals surface area contributed by atoms with Crippen molar-refractivity contribution in [3.05, 3.63) is 63.1 Å². The Labute approximate surface area is 194 Å². The van der Waals surface area contributed by atoms with Gasteiger partial charge in [-0.25, -0.2) is 8.42 Å². The van der Waals surface area contributed by atoms with Gasteiger partial charge in [-0.2, -0.15) is 0 Å². The second-order valence-corrected chi connectivity index (χ2v) is 10.7. The third-order valence-electron chi connectivity index (χ3n) is 5.71. The fourth-order valence-corrected chi connectivity index (χ4v) is 5.75. The molecule has 0 saturated carbocycles. The molecule has 0 bridgehead atoms. The van der Waals surface area contributed by atoms with E-state index in [1.807, 2.05) is 13.0 Å². The monoisotopic (exact) mass is 482 g/mol. The zero-order valence-electron chi connectivity index (χ0n) is 18.0. The second kappa shape index (κ2) is 9.80. The lowest BCUT2D eigenvalue weighted by Crippen LogP contribution is -2.49. The van der Waals surface area contributed by atoms with Gasteiger partial charge < -0.3 is 5.32 Å². The number of benzene rings is 2. The molecule has 8 heteroatoms. The first-order valence-electron chi connectivity index (χ1n) is 10.5. The summed E-state index contributed by atoms with van der Waals surface area (Å²) in [6.07, 6.45) is 5.88. The van der Waals surface area contributed by atoms with E-state index in [0.29, 0.717) is 5.02 Å². The number of nitrogens with one attached hydrogen (secondary N) is 1. The Morgan fingerprint density at radius 1 is 1.10 bits per heavy atom. The van der Waals surface area contributed by atoms with Gasteiger partial charge in [0.1, 0.15) is 6.04 Å². The first kappa shape index (κ1) is 23.9. The van der Waals surface area contributed by atoms with Gasteiger partial charge in [-0.15, -0.1) is 0 Å². The second-order valence-electron chi connectivity index (χ2n) is 8.04. The Kier molecular flexibility index (Phi) is 7.55. The van der Waals surface area contributed by atoms with Gasteiger partial charge in [-0.3, -0.25) is 9.10 Å². The Hall–Kier alpha value is -1.76. The molecular formula is C23H28Cl2N2O3S. The zero-order valence-corrected chi connectivity index (χ0v) is 20.3. The van der Waals surface area contributed by atoms with Crippen molar-refractivity contribution in [1.29, 1.82) is 0 Å². The summed E-state index contributed by atoms with van der Waals surface area (Å²) >= 11 is 12.4. The number of anilines is 1. The van der Waals surface area contributed by atoms with E-state index in [0.717, 1.165) is 29.0 Å². The Morgan fingerprint density at radius 3 is 2.42 bits per heavy atom. The largest absolute Gasteiger partial charge is 0.348 e. The van der Waals surface area contributed by atoms with Crippen molar-refractivity contribution in [2.24, 2.45) is 0 Å². The molecule has 0 unspecified atom stereocenters. The number of sulfonamides is 1. The lowest BCUT2D eigenvalue weighted by Gasteiger charge is -2.32. The van der Waals surface area contributed by atoms with Gasteiger partial charge in [0.25, 0.3) is 0 Å². The summed E-state index contributed by atoms with van der Waals surface area (Å²) < 4.78 is 26.4. The SMILES string of the molecule is CC[C@H](C(=O)N[C@@H](C)c1ccc2c(c1)CCCC2)N(c1cc(Cl)ccc1Cl)S(C)(=O)=O. The third-order valence-corrected chi connectivity index (χ3v) is 7.43. The van der Waals surface area contributed by atoms with Crippen molar-refractivity contribution < 1.29 is 13.2 Å². The lowest BCUT2D eigenvalue weighted by atomic mass is 9.89. The summed E-state index contributed by atoms with van der Waals surface area (Å²) in [5.41, 5.74) is 3.91. The molecule has 5 nitrogen and oxygen atoms in total. The van der Waals surface area contributed by atoms with Crippen molar-refractivity contribution in [3.63, 3.8) is 0 Å². The molecule has 1 amide bonds. The first-order valence-corrected chi connectivity index (χ1v) is 13.1. The first-order chi connectivity index (χ1) is 14.6. The van der Waals surface area contributed by atoms with Crippen LogP contribution in [0.2, 0.25) is 10.0 Å². The number of aryl methyl sites for hydroxylation is 2. The summed E-state index contributed by atoms with van der Waals surface area (Å²) in [6, 6.07) is 9.69. The number of rotatable bonds is 7. The molecule has 0 aliphatic heterocycles. The van der Waals surface area contributed by atoms with Crippen molar-refractivity contribution in [2.75, 3.05) is 10.6 Å². The maximum Gasteiger partial charge on any atom is 0.244 e. The molecule has 168 valence electrons. The van der Waals surface area contributed by atoms with Crippen molar-refractivity contribution in [3.8, 4) is 0 Å². The normalized spacial score (nSPS) is 15.6. The standard InChI is InChI=1S/C23H28Cl2N2O3S/c1-4-21(27(31(3,29)30)22-14-19(24)11-12-20(22)25)23(28)26-15(2)17-10-9-16-7-5-6-8-18(16)13-17/h9-15,21H,4-8H2,1-3H3,(H,26,28)/t15-,21+/m0/s1. The summed E-state index contributed by atoms with van der Waals surface area (Å²) in [7, 11) is -3.80. The number of amides is 1. The fourth-order valence-electron chi connectivity index (χ4n) is 4.11. The fraction of sp³-hybridized carbons (Fsp3) is 0.435. The molecule has 1 N–H and O–H groups in total. The number of carbonyl (C=O) groups excluding carboxylic acids is 1. The van der Waals surface area contributed by atoms with Crippen LogP contribution >= 0.6 is 23.2 Å². The molecule has 3 rings (SSSR count). The highest BCUT2D eigenvalue weighted by Gasteiger charge is 2.33. The number of carbonyl (C=O) groups is 1. The highest BCUT2D eigenvalue weighted by molar-refractivity contribution is 7.92. The number of hydrogen-bond acceptors (Lipinski definition) is 3. The molecular weight excluding hydrogens is 455 g/mol. The summed E-state index contributed by atoms with van der Waals surface area (Å²) in [6.45, 7) is 3.68. The zero-order chi connectivity index (χ0) is 22.8. The van der Waals surface area contributed by atoms with Gasteiger partial charge in [-0.1, -0.05) is 48.3 Å². The molecule has 31 heavy (non-hydrogen) atoms. The number of nitrogens with zero attached hydrogens (tertiary/aromatic N) is 1. The molecule has 0 spiro atoms. The average Bonchev–Trinajstić information content (AvgIpc) is 2.72. The Balaban J connectivity index is 1.87. The van der Waals surface area contributed by atoms with Crippen molar-refractivity contribution >= 4 is 44.8 Å². The van der Waals surface area contributed by atoms with E-state index in [1.165, 1.54) is 36.1 Å². The number of fused-ring (bicyclic) bond motifs is 1. The van der Waals surface area contributed by atoms with Crippen molar-refractivity contribution in [2.45, 2.75) is 58.0 Å². The van der Waals surface area contributed by atoms with Crippen LogP contribution in [-0.4, -0.2) is 26.6 Å². The topological polar surface area (TPSA) is 66.5 Å². The summed E-state index contributed by atoms with van der Waals surface area (Å²) in [5, 5.41) is 3.54. The van der Waals surface area contributed by atoms with Crippen molar-refractivity contribution in [1.82, 2.24) is 5.32 Å². The quantitative estimate of drug-likeness (QED) is 0.582. The molecule has 2 atom stereocenters. The molecule has 2 aromatic carbocycles. The van der Waals surface area contributed by atoms with Gasteiger partial charge in [0.2, 0.25) is 15.9 Å². The van der Waals surface area contributed by atoms with Gasteiger partial charge in [0.05, 0.1) is 23.0 Å². The maximum atomic E-state index is 13.2. The number of hydrogen-bond donors (Lipinski definition) is 1. The Bertz CT molecular complexity index is 1070. The molecule has 0 aromatic heterocycles. The molecule has 1 aliphatic carbocycles. The maximum absolute atomic E-state index is 13.2. The van der Waals surface area contributed by atoms with Crippen LogP contribution in [0.25, 0.3) is 0 Å². The predicted molar refractivity (Wildman–Crippen MR) is 128 cm³/mol. The van der Waals surface area contributed by atoms with Crippen LogP contribution in [0.1, 0.15) is 55.8 Å². The molecule has 1 aliphatic rings. The van der Waals surface area contributed by atoms with Gasteiger partial charge in [-0.05, 0) is 73.9 Å². The summed E-state index contributed by atoms with van der Waals surface area (Å²) in [4.78, 5) is 13.2. The smallest absolute Gasteiger partial charge is 0.244 e. The van der Waals surface area contributed by atoms with Gasteiger partial charge >= 0.3 is 0 Å². The molecule has 0 heterocycles. The highest BCUT2D eigenvalue weighted by atomic mass is 35.5. The van der Waals surface area contributed by atoms with E-state index < -0.39 is 16.1 Å². The molecule has 0 saturated heterocycles. The average molecular weight is 483 g/mol. The van der Waals surface area contributed by atoms with Crippen LogP contribution in [-0.2, 0) is 27.7 Å². The van der Waals surface area contributed by atoms with E-state index in [4.69, 9.17) is 23.2 Å². The van der Waals surface area contributed by atoms with E-state index in [2.05, 4.69) is 17.4 Å². The molecule has 2 aromatic rings. The third kappa shape index (κ3) is 5.54. The molecule has 0 radical (unpaired) electrons. The minimum absolute atomic E-state index is 0.195. The van der Waals surface area contributed by atoms with Crippen LogP contribution in [0.5, 0.6) is 0 Å². The van der Waals surface area contributed by atoms with E-state index in [-0.39, 0.29) is 29.1 Å².